The Morgan fingerprint density at radius 2 is 2.20 bits per heavy atom. The molecular formula is C17H28N2O. The zero-order chi connectivity index (χ0) is 14.2. The van der Waals surface area contributed by atoms with Gasteiger partial charge in [-0.3, -0.25) is 0 Å². The maximum Gasteiger partial charge on any atom is 0.142 e. The Hall–Kier alpha value is -1.22. The number of hydrogen-bond donors (Lipinski definition) is 2. The number of rotatable bonds is 7. The van der Waals surface area contributed by atoms with Gasteiger partial charge in [-0.25, -0.2) is 0 Å². The van der Waals surface area contributed by atoms with Crippen molar-refractivity contribution in [2.75, 3.05) is 18.5 Å². The van der Waals surface area contributed by atoms with Gasteiger partial charge in [0.1, 0.15) is 5.75 Å². The summed E-state index contributed by atoms with van der Waals surface area (Å²) in [6.07, 6.45) is 6.20. The lowest BCUT2D eigenvalue weighted by Crippen LogP contribution is -2.37. The van der Waals surface area contributed by atoms with Crippen LogP contribution in [0.2, 0.25) is 0 Å². The van der Waals surface area contributed by atoms with Crippen molar-refractivity contribution in [1.29, 1.82) is 0 Å². The fraction of sp³-hybridized carbons (Fsp3) is 0.647. The van der Waals surface area contributed by atoms with Gasteiger partial charge >= 0.3 is 0 Å². The number of anilines is 1. The van der Waals surface area contributed by atoms with E-state index in [-0.39, 0.29) is 0 Å². The first-order chi connectivity index (χ1) is 9.79. The first-order valence-electron chi connectivity index (χ1n) is 8.01. The average Bonchev–Trinajstić information content (AvgIpc) is 2.47. The Labute approximate surface area is 123 Å². The van der Waals surface area contributed by atoms with Crippen LogP contribution in [0.4, 0.5) is 5.69 Å². The summed E-state index contributed by atoms with van der Waals surface area (Å²) in [4.78, 5) is 0. The minimum Gasteiger partial charge on any atom is -0.491 e. The van der Waals surface area contributed by atoms with Crippen molar-refractivity contribution in [3.8, 4) is 5.75 Å². The molecule has 3 heteroatoms. The number of ether oxygens (including phenoxy) is 1. The SMILES string of the molecule is CCCOc1ccccc1NC(C)CC1CCCCN1. The second-order valence-electron chi connectivity index (χ2n) is 5.77. The molecule has 20 heavy (non-hydrogen) atoms. The van der Waals surface area contributed by atoms with Gasteiger partial charge in [0.25, 0.3) is 0 Å². The van der Waals surface area contributed by atoms with Crippen LogP contribution in [-0.4, -0.2) is 25.2 Å². The van der Waals surface area contributed by atoms with Gasteiger partial charge in [0, 0.05) is 12.1 Å². The van der Waals surface area contributed by atoms with Gasteiger partial charge in [0.2, 0.25) is 0 Å². The Morgan fingerprint density at radius 1 is 1.35 bits per heavy atom. The normalized spacial score (nSPS) is 20.4. The van der Waals surface area contributed by atoms with Gasteiger partial charge in [-0.05, 0) is 51.3 Å². The predicted octanol–water partition coefficient (Wildman–Crippen LogP) is 3.81. The molecule has 2 unspecified atom stereocenters. The summed E-state index contributed by atoms with van der Waals surface area (Å²) in [7, 11) is 0. The van der Waals surface area contributed by atoms with E-state index < -0.39 is 0 Å². The third-order valence-electron chi connectivity index (χ3n) is 3.80. The Balaban J connectivity index is 1.87. The molecule has 0 aromatic heterocycles. The molecule has 1 aromatic carbocycles. The molecule has 1 heterocycles. The fourth-order valence-corrected chi connectivity index (χ4v) is 2.80. The van der Waals surface area contributed by atoms with E-state index in [2.05, 4.69) is 36.6 Å². The molecule has 1 saturated heterocycles. The van der Waals surface area contributed by atoms with E-state index in [1.54, 1.807) is 0 Å². The topological polar surface area (TPSA) is 33.3 Å². The molecule has 0 amide bonds. The molecular weight excluding hydrogens is 248 g/mol. The number of piperidine rings is 1. The lowest BCUT2D eigenvalue weighted by Gasteiger charge is -2.27. The molecule has 0 bridgehead atoms. The van der Waals surface area contributed by atoms with E-state index in [4.69, 9.17) is 4.74 Å². The van der Waals surface area contributed by atoms with E-state index in [0.29, 0.717) is 12.1 Å². The molecule has 0 aliphatic carbocycles. The van der Waals surface area contributed by atoms with Crippen molar-refractivity contribution >= 4 is 5.69 Å². The predicted molar refractivity (Wildman–Crippen MR) is 85.6 cm³/mol. The third kappa shape index (κ3) is 4.71. The van der Waals surface area contributed by atoms with Crippen LogP contribution >= 0.6 is 0 Å². The quantitative estimate of drug-likeness (QED) is 0.794. The molecule has 0 radical (unpaired) electrons. The van der Waals surface area contributed by atoms with E-state index >= 15 is 0 Å². The van der Waals surface area contributed by atoms with Crippen LogP contribution in [-0.2, 0) is 0 Å². The number of hydrogen-bond acceptors (Lipinski definition) is 3. The van der Waals surface area contributed by atoms with Crippen LogP contribution in [0.3, 0.4) is 0 Å². The largest absolute Gasteiger partial charge is 0.491 e. The standard InChI is InChI=1S/C17H28N2O/c1-3-12-20-17-10-5-4-9-16(17)19-14(2)13-15-8-6-7-11-18-15/h4-5,9-10,14-15,18-19H,3,6-8,11-13H2,1-2H3. The molecule has 112 valence electrons. The van der Waals surface area contributed by atoms with Crippen LogP contribution < -0.4 is 15.4 Å². The Bertz CT molecular complexity index is 388. The van der Waals surface area contributed by atoms with Gasteiger partial charge in [-0.1, -0.05) is 25.5 Å². The monoisotopic (exact) mass is 276 g/mol. The van der Waals surface area contributed by atoms with Crippen molar-refractivity contribution < 1.29 is 4.74 Å². The van der Waals surface area contributed by atoms with Crippen molar-refractivity contribution in [2.24, 2.45) is 0 Å². The highest BCUT2D eigenvalue weighted by atomic mass is 16.5. The Morgan fingerprint density at radius 3 is 2.95 bits per heavy atom. The van der Waals surface area contributed by atoms with Crippen LogP contribution in [0.25, 0.3) is 0 Å². The second kappa shape index (κ2) is 8.15. The number of benzene rings is 1. The van der Waals surface area contributed by atoms with Crippen molar-refractivity contribution in [2.45, 2.75) is 58.0 Å². The molecule has 1 aliphatic heterocycles. The molecule has 1 fully saturated rings. The van der Waals surface area contributed by atoms with E-state index in [1.165, 1.54) is 32.2 Å². The summed E-state index contributed by atoms with van der Waals surface area (Å²) < 4.78 is 5.80. The molecule has 2 atom stereocenters. The van der Waals surface area contributed by atoms with Crippen molar-refractivity contribution in [1.82, 2.24) is 5.32 Å². The maximum absolute atomic E-state index is 5.80. The minimum atomic E-state index is 0.456. The zero-order valence-electron chi connectivity index (χ0n) is 12.8. The molecule has 3 nitrogen and oxygen atoms in total. The summed E-state index contributed by atoms with van der Waals surface area (Å²) in [5.74, 6) is 0.970. The summed E-state index contributed by atoms with van der Waals surface area (Å²) in [5.41, 5.74) is 1.12. The lowest BCUT2D eigenvalue weighted by molar-refractivity contribution is 0.318. The highest BCUT2D eigenvalue weighted by Gasteiger charge is 2.16. The summed E-state index contributed by atoms with van der Waals surface area (Å²) in [6.45, 7) is 6.34. The highest BCUT2D eigenvalue weighted by Crippen LogP contribution is 2.25. The molecule has 2 N–H and O–H groups in total. The van der Waals surface area contributed by atoms with Crippen LogP contribution in [0.15, 0.2) is 24.3 Å². The zero-order valence-corrected chi connectivity index (χ0v) is 12.8. The highest BCUT2D eigenvalue weighted by molar-refractivity contribution is 5.56. The minimum absolute atomic E-state index is 0.456. The molecule has 0 saturated carbocycles. The van der Waals surface area contributed by atoms with Gasteiger partial charge in [-0.2, -0.15) is 0 Å². The average molecular weight is 276 g/mol. The van der Waals surface area contributed by atoms with Crippen LogP contribution in [0.1, 0.15) is 46.0 Å². The molecule has 1 aliphatic rings. The maximum atomic E-state index is 5.80. The van der Waals surface area contributed by atoms with Gasteiger partial charge < -0.3 is 15.4 Å². The molecule has 2 rings (SSSR count). The summed E-state index contributed by atoms with van der Waals surface area (Å²) in [6, 6.07) is 9.36. The first kappa shape index (κ1) is 15.2. The van der Waals surface area contributed by atoms with Gasteiger partial charge in [-0.15, -0.1) is 0 Å². The summed E-state index contributed by atoms with van der Waals surface area (Å²) >= 11 is 0. The van der Waals surface area contributed by atoms with E-state index in [0.717, 1.165) is 24.5 Å². The number of nitrogens with one attached hydrogen (secondary N) is 2. The van der Waals surface area contributed by atoms with E-state index in [9.17, 15) is 0 Å². The van der Waals surface area contributed by atoms with Crippen molar-refractivity contribution in [3.05, 3.63) is 24.3 Å². The fourth-order valence-electron chi connectivity index (χ4n) is 2.80. The smallest absolute Gasteiger partial charge is 0.142 e. The number of para-hydroxylation sites is 2. The molecule has 0 spiro atoms. The van der Waals surface area contributed by atoms with Crippen LogP contribution in [0.5, 0.6) is 5.75 Å². The Kier molecular flexibility index (Phi) is 6.19. The summed E-state index contributed by atoms with van der Waals surface area (Å²) in [5, 5.41) is 7.22. The first-order valence-corrected chi connectivity index (χ1v) is 8.01. The lowest BCUT2D eigenvalue weighted by atomic mass is 9.98. The molecule has 1 aromatic rings. The second-order valence-corrected chi connectivity index (χ2v) is 5.77. The van der Waals surface area contributed by atoms with Crippen LogP contribution in [0, 0.1) is 0 Å². The van der Waals surface area contributed by atoms with Gasteiger partial charge in [0.05, 0.1) is 12.3 Å². The van der Waals surface area contributed by atoms with E-state index in [1.807, 2.05) is 12.1 Å². The van der Waals surface area contributed by atoms with Gasteiger partial charge in [0.15, 0.2) is 0 Å². The van der Waals surface area contributed by atoms with Crippen molar-refractivity contribution in [3.63, 3.8) is 0 Å². The third-order valence-corrected chi connectivity index (χ3v) is 3.80.